The highest BCUT2D eigenvalue weighted by Crippen LogP contribution is 2.30. The number of halogens is 4. The van der Waals surface area contributed by atoms with Gasteiger partial charge in [0.05, 0.1) is 18.6 Å². The first-order chi connectivity index (χ1) is 9.24. The van der Waals surface area contributed by atoms with E-state index in [0.717, 1.165) is 13.2 Å². The lowest BCUT2D eigenvalue weighted by molar-refractivity contribution is -0.114. The summed E-state index contributed by atoms with van der Waals surface area (Å²) < 4.78 is 53.6. The summed E-state index contributed by atoms with van der Waals surface area (Å²) in [4.78, 5) is 22.7. The zero-order valence-corrected chi connectivity index (χ0v) is 10.9. The molecule has 4 nitrogen and oxygen atoms in total. The molecule has 1 amide bonds. The van der Waals surface area contributed by atoms with Crippen LogP contribution >= 0.6 is 11.8 Å². The molecule has 0 radical (unpaired) electrons. The third-order valence-electron chi connectivity index (χ3n) is 2.04. The van der Waals surface area contributed by atoms with Crippen LogP contribution in [0.4, 0.5) is 23.2 Å². The van der Waals surface area contributed by atoms with Crippen LogP contribution in [-0.2, 0) is 9.53 Å². The van der Waals surface area contributed by atoms with Gasteiger partial charge in [-0.2, -0.15) is 13.2 Å². The molecule has 0 aliphatic heterocycles. The fourth-order valence-corrected chi connectivity index (χ4v) is 1.64. The van der Waals surface area contributed by atoms with E-state index in [0.29, 0.717) is 0 Å². The molecule has 0 unspecified atom stereocenters. The molecule has 0 saturated carbocycles. The van der Waals surface area contributed by atoms with Crippen molar-refractivity contribution in [1.82, 2.24) is 0 Å². The van der Waals surface area contributed by atoms with Gasteiger partial charge in [-0.3, -0.25) is 4.79 Å². The fraction of sp³-hybridized carbons (Fsp3) is 0.273. The lowest BCUT2D eigenvalue weighted by Crippen LogP contribution is -2.19. The van der Waals surface area contributed by atoms with Gasteiger partial charge < -0.3 is 10.1 Å². The number of ether oxygens (including phenoxy) is 1. The lowest BCUT2D eigenvalue weighted by atomic mass is 10.1. The van der Waals surface area contributed by atoms with E-state index < -0.39 is 46.3 Å². The standard InChI is InChI=1S/C11H9F4NO3S/c1-19-10(18)9-6(12)3-2-4-7(9)16-8(17)5-20-11(13,14)15/h2-4H,5H2,1H3,(H,16,17). The number of methoxy groups -OCH3 is 1. The van der Waals surface area contributed by atoms with Crippen LogP contribution in [0, 0.1) is 5.82 Å². The molecule has 1 N–H and O–H groups in total. The molecule has 1 aromatic carbocycles. The van der Waals surface area contributed by atoms with Crippen molar-refractivity contribution in [1.29, 1.82) is 0 Å². The molecule has 0 heterocycles. The SMILES string of the molecule is COC(=O)c1c(F)cccc1NC(=O)CSC(F)(F)F. The molecular formula is C11H9F4NO3S. The number of hydrogen-bond acceptors (Lipinski definition) is 4. The largest absolute Gasteiger partial charge is 0.465 e. The molecule has 0 spiro atoms. The Morgan fingerprint density at radius 2 is 2.00 bits per heavy atom. The molecule has 0 bridgehead atoms. The van der Waals surface area contributed by atoms with Crippen LogP contribution in [0.2, 0.25) is 0 Å². The third-order valence-corrected chi connectivity index (χ3v) is 2.78. The van der Waals surface area contributed by atoms with Gasteiger partial charge in [-0.1, -0.05) is 6.07 Å². The van der Waals surface area contributed by atoms with Crippen molar-refractivity contribution >= 4 is 29.3 Å². The Hall–Kier alpha value is -1.77. The van der Waals surface area contributed by atoms with E-state index in [1.54, 1.807) is 0 Å². The van der Waals surface area contributed by atoms with Crippen LogP contribution in [0.5, 0.6) is 0 Å². The van der Waals surface area contributed by atoms with Gasteiger partial charge in [0, 0.05) is 0 Å². The second kappa shape index (κ2) is 6.60. The molecule has 0 saturated heterocycles. The number of rotatable bonds is 4. The topological polar surface area (TPSA) is 55.4 Å². The van der Waals surface area contributed by atoms with E-state index in [-0.39, 0.29) is 5.69 Å². The van der Waals surface area contributed by atoms with Crippen molar-refractivity contribution < 1.29 is 31.9 Å². The molecule has 0 atom stereocenters. The predicted molar refractivity (Wildman–Crippen MR) is 64.9 cm³/mol. The summed E-state index contributed by atoms with van der Waals surface area (Å²) in [6.45, 7) is 0. The summed E-state index contributed by atoms with van der Waals surface area (Å²) >= 11 is -0.537. The molecule has 1 aromatic rings. The molecule has 9 heteroatoms. The molecule has 0 fully saturated rings. The fourth-order valence-electron chi connectivity index (χ4n) is 1.27. The maximum absolute atomic E-state index is 13.5. The monoisotopic (exact) mass is 311 g/mol. The molecule has 1 rings (SSSR count). The minimum atomic E-state index is -4.55. The van der Waals surface area contributed by atoms with Gasteiger partial charge in [-0.25, -0.2) is 9.18 Å². The molecule has 0 aliphatic carbocycles. The highest BCUT2D eigenvalue weighted by atomic mass is 32.2. The van der Waals surface area contributed by atoms with Gasteiger partial charge in [0.15, 0.2) is 0 Å². The first-order valence-electron chi connectivity index (χ1n) is 5.12. The average molecular weight is 311 g/mol. The van der Waals surface area contributed by atoms with Crippen LogP contribution in [0.25, 0.3) is 0 Å². The molecule has 0 aliphatic rings. The molecule has 0 aromatic heterocycles. The number of thioether (sulfide) groups is 1. The Kier molecular flexibility index (Phi) is 5.37. The van der Waals surface area contributed by atoms with Gasteiger partial charge in [-0.05, 0) is 23.9 Å². The zero-order valence-electron chi connectivity index (χ0n) is 10.1. The highest BCUT2D eigenvalue weighted by molar-refractivity contribution is 8.00. The number of alkyl halides is 3. The highest BCUT2D eigenvalue weighted by Gasteiger charge is 2.29. The minimum absolute atomic E-state index is 0.246. The van der Waals surface area contributed by atoms with Crippen molar-refractivity contribution in [3.05, 3.63) is 29.6 Å². The first kappa shape index (κ1) is 16.3. The summed E-state index contributed by atoms with van der Waals surface area (Å²) in [5, 5.41) is 2.04. The molecule has 110 valence electrons. The number of hydrogen-bond donors (Lipinski definition) is 1. The lowest BCUT2D eigenvalue weighted by Gasteiger charge is -2.11. The van der Waals surface area contributed by atoms with E-state index in [1.807, 2.05) is 5.32 Å². The smallest absolute Gasteiger partial charge is 0.442 e. The van der Waals surface area contributed by atoms with Crippen molar-refractivity contribution in [3.8, 4) is 0 Å². The maximum atomic E-state index is 13.5. The van der Waals surface area contributed by atoms with E-state index in [1.165, 1.54) is 12.1 Å². The second-order valence-corrected chi connectivity index (χ2v) is 4.48. The Labute approximate surface area is 115 Å². The second-order valence-electron chi connectivity index (χ2n) is 3.44. The van der Waals surface area contributed by atoms with Gasteiger partial charge in [0.2, 0.25) is 5.91 Å². The Balaban J connectivity index is 2.85. The molecular weight excluding hydrogens is 302 g/mol. The number of benzene rings is 1. The number of carbonyl (C=O) groups excluding carboxylic acids is 2. The van der Waals surface area contributed by atoms with Gasteiger partial charge in [0.25, 0.3) is 0 Å². The minimum Gasteiger partial charge on any atom is -0.465 e. The Morgan fingerprint density at radius 1 is 1.35 bits per heavy atom. The van der Waals surface area contributed by atoms with Crippen LogP contribution in [0.1, 0.15) is 10.4 Å². The maximum Gasteiger partial charge on any atom is 0.442 e. The van der Waals surface area contributed by atoms with Crippen molar-refractivity contribution in [2.45, 2.75) is 5.51 Å². The Bertz CT molecular complexity index is 519. The van der Waals surface area contributed by atoms with Crippen molar-refractivity contribution in [2.75, 3.05) is 18.2 Å². The summed E-state index contributed by atoms with van der Waals surface area (Å²) in [6.07, 6.45) is 0. The number of amides is 1. The predicted octanol–water partition coefficient (Wildman–Crippen LogP) is 2.80. The number of esters is 1. The summed E-state index contributed by atoms with van der Waals surface area (Å²) in [7, 11) is 1.01. The van der Waals surface area contributed by atoms with Gasteiger partial charge in [0.1, 0.15) is 11.4 Å². The number of anilines is 1. The zero-order chi connectivity index (χ0) is 15.3. The van der Waals surface area contributed by atoms with Crippen molar-refractivity contribution in [2.24, 2.45) is 0 Å². The Morgan fingerprint density at radius 3 is 2.55 bits per heavy atom. The molecule has 20 heavy (non-hydrogen) atoms. The summed E-state index contributed by atoms with van der Waals surface area (Å²) in [6, 6.07) is 3.35. The van der Waals surface area contributed by atoms with E-state index in [9.17, 15) is 27.2 Å². The van der Waals surface area contributed by atoms with Crippen LogP contribution < -0.4 is 5.32 Å². The third kappa shape index (κ3) is 4.72. The van der Waals surface area contributed by atoms with Crippen molar-refractivity contribution in [3.63, 3.8) is 0 Å². The van der Waals surface area contributed by atoms with Crippen LogP contribution in [0.3, 0.4) is 0 Å². The van der Waals surface area contributed by atoms with E-state index in [2.05, 4.69) is 4.74 Å². The number of carbonyl (C=O) groups is 2. The van der Waals surface area contributed by atoms with Gasteiger partial charge in [-0.15, -0.1) is 0 Å². The van der Waals surface area contributed by atoms with E-state index in [4.69, 9.17) is 0 Å². The van der Waals surface area contributed by atoms with Gasteiger partial charge >= 0.3 is 11.5 Å². The quantitative estimate of drug-likeness (QED) is 0.686. The average Bonchev–Trinajstić information content (AvgIpc) is 2.35. The van der Waals surface area contributed by atoms with E-state index >= 15 is 0 Å². The van der Waals surface area contributed by atoms with Crippen LogP contribution in [0.15, 0.2) is 18.2 Å². The number of nitrogens with one attached hydrogen (secondary N) is 1. The normalized spacial score (nSPS) is 11.1. The summed E-state index contributed by atoms with van der Waals surface area (Å²) in [5.74, 6) is -3.90. The first-order valence-corrected chi connectivity index (χ1v) is 6.10. The summed E-state index contributed by atoms with van der Waals surface area (Å²) in [5.41, 5.74) is -5.34. The van der Waals surface area contributed by atoms with Crippen LogP contribution in [-0.4, -0.2) is 30.2 Å².